The van der Waals surface area contributed by atoms with E-state index in [0.29, 0.717) is 10.6 Å². The SMILES string of the molecule is CC(C(=O)c1cccc(Cl)c1)n1cnc(C#N)n1. The molecule has 0 saturated carbocycles. The summed E-state index contributed by atoms with van der Waals surface area (Å²) >= 11 is 5.84. The minimum Gasteiger partial charge on any atom is -0.292 e. The number of aromatic nitrogens is 3. The van der Waals surface area contributed by atoms with Gasteiger partial charge in [0.1, 0.15) is 18.4 Å². The summed E-state index contributed by atoms with van der Waals surface area (Å²) in [6.07, 6.45) is 1.37. The number of rotatable bonds is 3. The molecule has 1 heterocycles. The van der Waals surface area contributed by atoms with Crippen LogP contribution in [0.4, 0.5) is 0 Å². The van der Waals surface area contributed by atoms with Crippen molar-refractivity contribution in [3.63, 3.8) is 0 Å². The van der Waals surface area contributed by atoms with Crippen molar-refractivity contribution >= 4 is 17.4 Å². The van der Waals surface area contributed by atoms with Crippen LogP contribution < -0.4 is 0 Å². The van der Waals surface area contributed by atoms with E-state index in [4.69, 9.17) is 16.9 Å². The van der Waals surface area contributed by atoms with Gasteiger partial charge in [0.15, 0.2) is 5.78 Å². The molecular weight excluding hydrogens is 252 g/mol. The average molecular weight is 261 g/mol. The molecule has 1 aromatic carbocycles. The average Bonchev–Trinajstić information content (AvgIpc) is 2.85. The highest BCUT2D eigenvalue weighted by Crippen LogP contribution is 2.16. The van der Waals surface area contributed by atoms with Crippen molar-refractivity contribution < 1.29 is 4.79 Å². The van der Waals surface area contributed by atoms with Gasteiger partial charge >= 0.3 is 0 Å². The van der Waals surface area contributed by atoms with Crippen LogP contribution in [0.1, 0.15) is 29.1 Å². The largest absolute Gasteiger partial charge is 0.292 e. The number of nitriles is 1. The zero-order valence-electron chi connectivity index (χ0n) is 9.54. The van der Waals surface area contributed by atoms with Gasteiger partial charge in [-0.2, -0.15) is 5.26 Å². The van der Waals surface area contributed by atoms with E-state index in [1.165, 1.54) is 11.0 Å². The number of carbonyl (C=O) groups is 1. The summed E-state index contributed by atoms with van der Waals surface area (Å²) in [5.41, 5.74) is 0.504. The van der Waals surface area contributed by atoms with Gasteiger partial charge in [-0.25, -0.2) is 9.67 Å². The summed E-state index contributed by atoms with van der Waals surface area (Å²) in [6.45, 7) is 1.69. The summed E-state index contributed by atoms with van der Waals surface area (Å²) in [5.74, 6) is -0.0902. The van der Waals surface area contributed by atoms with E-state index < -0.39 is 6.04 Å². The first-order chi connectivity index (χ1) is 8.61. The molecule has 0 bridgehead atoms. The van der Waals surface area contributed by atoms with Crippen molar-refractivity contribution in [1.82, 2.24) is 14.8 Å². The first-order valence-electron chi connectivity index (χ1n) is 5.23. The number of ketones is 1. The zero-order chi connectivity index (χ0) is 13.1. The van der Waals surface area contributed by atoms with Crippen molar-refractivity contribution in [3.8, 4) is 6.07 Å². The lowest BCUT2D eigenvalue weighted by molar-refractivity contribution is 0.0928. The second kappa shape index (κ2) is 4.98. The number of Topliss-reactive ketones (excluding diaryl/α,β-unsaturated/α-hetero) is 1. The van der Waals surface area contributed by atoms with E-state index in [9.17, 15) is 4.79 Å². The fourth-order valence-corrected chi connectivity index (χ4v) is 1.71. The van der Waals surface area contributed by atoms with Gasteiger partial charge in [0.2, 0.25) is 0 Å². The van der Waals surface area contributed by atoms with Crippen molar-refractivity contribution in [2.24, 2.45) is 0 Å². The lowest BCUT2D eigenvalue weighted by atomic mass is 10.1. The Labute approximate surface area is 109 Å². The molecule has 0 aliphatic carbocycles. The summed E-state index contributed by atoms with van der Waals surface area (Å²) < 4.78 is 1.36. The fourth-order valence-electron chi connectivity index (χ4n) is 1.52. The second-order valence-electron chi connectivity index (χ2n) is 3.71. The smallest absolute Gasteiger partial charge is 0.252 e. The van der Waals surface area contributed by atoms with E-state index in [1.807, 2.05) is 6.07 Å². The molecule has 0 radical (unpaired) electrons. The van der Waals surface area contributed by atoms with Crippen molar-refractivity contribution in [1.29, 1.82) is 5.26 Å². The Morgan fingerprint density at radius 2 is 2.33 bits per heavy atom. The lowest BCUT2D eigenvalue weighted by Crippen LogP contribution is -2.17. The Hall–Kier alpha value is -2.19. The molecular formula is C12H9ClN4O. The maximum absolute atomic E-state index is 12.2. The molecule has 1 unspecified atom stereocenters. The van der Waals surface area contributed by atoms with Crippen LogP contribution in [-0.4, -0.2) is 20.5 Å². The van der Waals surface area contributed by atoms with Gasteiger partial charge in [-0.1, -0.05) is 23.7 Å². The summed E-state index contributed by atoms with van der Waals surface area (Å²) in [7, 11) is 0. The quantitative estimate of drug-likeness (QED) is 0.794. The lowest BCUT2D eigenvalue weighted by Gasteiger charge is -2.10. The Morgan fingerprint density at radius 1 is 1.56 bits per heavy atom. The first-order valence-corrected chi connectivity index (χ1v) is 5.60. The Bertz CT molecular complexity index is 629. The number of nitrogens with zero attached hydrogens (tertiary/aromatic N) is 4. The molecule has 1 aromatic heterocycles. The third kappa shape index (κ3) is 2.39. The molecule has 0 N–H and O–H groups in total. The monoisotopic (exact) mass is 260 g/mol. The topological polar surface area (TPSA) is 71.6 Å². The minimum absolute atomic E-state index is 0.0424. The molecule has 0 saturated heterocycles. The van der Waals surface area contributed by atoms with E-state index >= 15 is 0 Å². The molecule has 0 aliphatic rings. The maximum atomic E-state index is 12.2. The molecule has 2 rings (SSSR count). The summed E-state index contributed by atoms with van der Waals surface area (Å²) in [4.78, 5) is 15.9. The van der Waals surface area contributed by atoms with Crippen LogP contribution in [0.15, 0.2) is 30.6 Å². The Morgan fingerprint density at radius 3 is 2.94 bits per heavy atom. The van der Waals surface area contributed by atoms with Crippen molar-refractivity contribution in [3.05, 3.63) is 47.0 Å². The maximum Gasteiger partial charge on any atom is 0.252 e. The first kappa shape index (κ1) is 12.3. The van der Waals surface area contributed by atoms with Gasteiger partial charge in [-0.15, -0.1) is 5.10 Å². The number of benzene rings is 1. The highest BCUT2D eigenvalue weighted by Gasteiger charge is 2.18. The highest BCUT2D eigenvalue weighted by atomic mass is 35.5. The number of carbonyl (C=O) groups excluding carboxylic acids is 1. The van der Waals surface area contributed by atoms with Crippen LogP contribution in [0.25, 0.3) is 0 Å². The van der Waals surface area contributed by atoms with Crippen molar-refractivity contribution in [2.75, 3.05) is 0 Å². The van der Waals surface area contributed by atoms with Gasteiger partial charge in [0.05, 0.1) is 0 Å². The molecule has 0 amide bonds. The van der Waals surface area contributed by atoms with Crippen LogP contribution in [-0.2, 0) is 0 Å². The van der Waals surface area contributed by atoms with Crippen LogP contribution in [0, 0.1) is 11.3 Å². The molecule has 2 aromatic rings. The molecule has 0 fully saturated rings. The predicted molar refractivity (Wildman–Crippen MR) is 65.2 cm³/mol. The minimum atomic E-state index is -0.530. The van der Waals surface area contributed by atoms with E-state index in [2.05, 4.69) is 10.1 Å². The predicted octanol–water partition coefficient (Wildman–Crippen LogP) is 2.25. The van der Waals surface area contributed by atoms with Gasteiger partial charge < -0.3 is 0 Å². The van der Waals surface area contributed by atoms with Gasteiger partial charge in [0, 0.05) is 10.6 Å². The third-order valence-corrected chi connectivity index (χ3v) is 2.73. The molecule has 90 valence electrons. The van der Waals surface area contributed by atoms with E-state index in [0.717, 1.165) is 0 Å². The van der Waals surface area contributed by atoms with Crippen molar-refractivity contribution in [2.45, 2.75) is 13.0 Å². The normalized spacial score (nSPS) is 11.8. The van der Waals surface area contributed by atoms with E-state index in [1.54, 1.807) is 31.2 Å². The molecule has 18 heavy (non-hydrogen) atoms. The van der Waals surface area contributed by atoms with Gasteiger partial charge in [-0.3, -0.25) is 4.79 Å². The van der Waals surface area contributed by atoms with Crippen LogP contribution >= 0.6 is 11.6 Å². The van der Waals surface area contributed by atoms with Crippen LogP contribution in [0.2, 0.25) is 5.02 Å². The molecule has 0 spiro atoms. The molecule has 5 nitrogen and oxygen atoms in total. The summed E-state index contributed by atoms with van der Waals surface area (Å²) in [5, 5.41) is 13.0. The fraction of sp³-hybridized carbons (Fsp3) is 0.167. The Kier molecular flexibility index (Phi) is 3.40. The van der Waals surface area contributed by atoms with Crippen LogP contribution in [0.5, 0.6) is 0 Å². The number of hydrogen-bond acceptors (Lipinski definition) is 4. The zero-order valence-corrected chi connectivity index (χ0v) is 10.3. The number of halogens is 1. The van der Waals surface area contributed by atoms with Crippen LogP contribution in [0.3, 0.4) is 0 Å². The third-order valence-electron chi connectivity index (χ3n) is 2.49. The number of hydrogen-bond donors (Lipinski definition) is 0. The second-order valence-corrected chi connectivity index (χ2v) is 4.15. The Balaban J connectivity index is 2.26. The molecule has 0 aliphatic heterocycles. The van der Waals surface area contributed by atoms with E-state index in [-0.39, 0.29) is 11.6 Å². The molecule has 6 heteroatoms. The standard InChI is InChI=1S/C12H9ClN4O/c1-8(17-7-15-11(6-14)16-17)12(18)9-3-2-4-10(13)5-9/h2-5,7-8H,1H3. The van der Waals surface area contributed by atoms with Gasteiger partial charge in [0.25, 0.3) is 5.82 Å². The van der Waals surface area contributed by atoms with Gasteiger partial charge in [-0.05, 0) is 19.1 Å². The molecule has 1 atom stereocenters. The highest BCUT2D eigenvalue weighted by molar-refractivity contribution is 6.31. The summed E-state index contributed by atoms with van der Waals surface area (Å²) in [6, 6.07) is 7.99.